The number of carbonyl (C=O) groups is 4. The predicted octanol–water partition coefficient (Wildman–Crippen LogP) is 5.01. The molecule has 0 bridgehead atoms. The minimum Gasteiger partial charge on any atom is -0.497 e. The Morgan fingerprint density at radius 1 is 0.952 bits per heavy atom. The molecular weight excluding hydrogens is 554 g/mol. The summed E-state index contributed by atoms with van der Waals surface area (Å²) in [6.07, 6.45) is 0. The third-order valence-corrected chi connectivity index (χ3v) is 8.06. The van der Waals surface area contributed by atoms with Gasteiger partial charge >= 0.3 is 0 Å². The summed E-state index contributed by atoms with van der Waals surface area (Å²) in [6, 6.07) is 21.7. The number of hydrogen-bond donors (Lipinski definition) is 1. The molecule has 0 saturated heterocycles. The fourth-order valence-electron chi connectivity index (χ4n) is 4.90. The van der Waals surface area contributed by atoms with Gasteiger partial charge in [0.2, 0.25) is 5.91 Å². The first kappa shape index (κ1) is 28.6. The van der Waals surface area contributed by atoms with Gasteiger partial charge in [0, 0.05) is 17.5 Å². The Kier molecular flexibility index (Phi) is 8.35. The van der Waals surface area contributed by atoms with E-state index in [4.69, 9.17) is 9.47 Å². The largest absolute Gasteiger partial charge is 0.497 e. The second-order valence-corrected chi connectivity index (χ2v) is 10.6. The van der Waals surface area contributed by atoms with E-state index in [1.807, 2.05) is 42.6 Å². The SMILES string of the molecule is COc1ccc(NC(=O)C(c2cccs2)N(Cc2ccccc2C)C(=O)CN2C(=O)C(=O)c3ccccc32)c(OC)c1. The molecule has 0 spiro atoms. The summed E-state index contributed by atoms with van der Waals surface area (Å²) < 4.78 is 10.7. The Labute approximate surface area is 247 Å². The third-order valence-electron chi connectivity index (χ3n) is 7.13. The molecule has 0 radical (unpaired) electrons. The van der Waals surface area contributed by atoms with E-state index in [-0.39, 0.29) is 12.1 Å². The minimum absolute atomic E-state index is 0.0961. The molecule has 42 heavy (non-hydrogen) atoms. The second-order valence-electron chi connectivity index (χ2n) is 9.66. The van der Waals surface area contributed by atoms with E-state index in [0.29, 0.717) is 27.8 Å². The van der Waals surface area contributed by atoms with Crippen LogP contribution in [0.4, 0.5) is 11.4 Å². The number of Topliss-reactive ketones (excluding diaryl/α,β-unsaturated/α-hetero) is 1. The summed E-state index contributed by atoms with van der Waals surface area (Å²) in [5, 5.41) is 4.75. The van der Waals surface area contributed by atoms with Crippen LogP contribution in [-0.4, -0.2) is 49.2 Å². The number of nitrogens with one attached hydrogen (secondary N) is 1. The number of hydrogen-bond acceptors (Lipinski definition) is 7. The van der Waals surface area contributed by atoms with Crippen molar-refractivity contribution in [2.75, 3.05) is 31.0 Å². The Morgan fingerprint density at radius 2 is 1.71 bits per heavy atom. The molecule has 1 atom stereocenters. The number of aryl methyl sites for hydroxylation is 1. The van der Waals surface area contributed by atoms with Crippen LogP contribution >= 0.6 is 11.3 Å². The summed E-state index contributed by atoms with van der Waals surface area (Å²) in [5.74, 6) is -1.45. The van der Waals surface area contributed by atoms with E-state index in [9.17, 15) is 19.2 Å². The van der Waals surface area contributed by atoms with Crippen LogP contribution in [0.1, 0.15) is 32.4 Å². The summed E-state index contributed by atoms with van der Waals surface area (Å²) in [7, 11) is 3.02. The number of nitrogens with zero attached hydrogens (tertiary/aromatic N) is 2. The fraction of sp³-hybridized carbons (Fsp3) is 0.188. The van der Waals surface area contributed by atoms with Gasteiger partial charge in [-0.1, -0.05) is 42.5 Å². The maximum absolute atomic E-state index is 14.2. The first-order valence-corrected chi connectivity index (χ1v) is 14.1. The second kappa shape index (κ2) is 12.3. The Bertz CT molecular complexity index is 1650. The molecular formula is C32H29N3O6S. The average molecular weight is 584 g/mol. The van der Waals surface area contributed by atoms with Gasteiger partial charge in [0.15, 0.2) is 0 Å². The molecule has 1 aliphatic heterocycles. The Hall–Kier alpha value is -4.96. The number of thiophene rings is 1. The van der Waals surface area contributed by atoms with Crippen molar-refractivity contribution >= 4 is 46.2 Å². The topological polar surface area (TPSA) is 105 Å². The molecule has 214 valence electrons. The highest BCUT2D eigenvalue weighted by molar-refractivity contribution is 7.10. The van der Waals surface area contributed by atoms with Crippen molar-refractivity contribution in [2.24, 2.45) is 0 Å². The number of benzene rings is 3. The Morgan fingerprint density at radius 3 is 2.43 bits per heavy atom. The van der Waals surface area contributed by atoms with Crippen LogP contribution in [0.25, 0.3) is 0 Å². The van der Waals surface area contributed by atoms with Gasteiger partial charge in [0.05, 0.1) is 31.2 Å². The lowest BCUT2D eigenvalue weighted by molar-refractivity contribution is -0.138. The smallest absolute Gasteiger partial charge is 0.299 e. The summed E-state index contributed by atoms with van der Waals surface area (Å²) in [4.78, 5) is 57.1. The van der Waals surface area contributed by atoms with Gasteiger partial charge in [-0.25, -0.2) is 0 Å². The van der Waals surface area contributed by atoms with Gasteiger partial charge in [-0.3, -0.25) is 24.1 Å². The van der Waals surface area contributed by atoms with Crippen molar-refractivity contribution in [1.29, 1.82) is 0 Å². The highest BCUT2D eigenvalue weighted by Crippen LogP contribution is 2.34. The number of rotatable bonds is 10. The van der Waals surface area contributed by atoms with Gasteiger partial charge < -0.3 is 19.7 Å². The number of carbonyl (C=O) groups excluding carboxylic acids is 4. The molecule has 1 aromatic heterocycles. The molecule has 1 unspecified atom stereocenters. The number of anilines is 2. The monoisotopic (exact) mass is 583 g/mol. The number of fused-ring (bicyclic) bond motifs is 1. The normalized spacial score (nSPS) is 13.0. The van der Waals surface area contributed by atoms with E-state index in [0.717, 1.165) is 11.1 Å². The number of ketones is 1. The van der Waals surface area contributed by atoms with Gasteiger partial charge in [0.25, 0.3) is 17.6 Å². The maximum atomic E-state index is 14.2. The molecule has 5 rings (SSSR count). The zero-order valence-electron chi connectivity index (χ0n) is 23.3. The molecule has 0 aliphatic carbocycles. The highest BCUT2D eigenvalue weighted by Gasteiger charge is 2.39. The lowest BCUT2D eigenvalue weighted by Crippen LogP contribution is -2.46. The summed E-state index contributed by atoms with van der Waals surface area (Å²) >= 11 is 1.34. The third kappa shape index (κ3) is 5.61. The number of para-hydroxylation sites is 1. The summed E-state index contributed by atoms with van der Waals surface area (Å²) in [6.45, 7) is 1.62. The summed E-state index contributed by atoms with van der Waals surface area (Å²) in [5.41, 5.74) is 2.81. The zero-order valence-corrected chi connectivity index (χ0v) is 24.1. The first-order chi connectivity index (χ1) is 20.3. The molecule has 3 amide bonds. The predicted molar refractivity (Wildman–Crippen MR) is 160 cm³/mol. The van der Waals surface area contributed by atoms with Crippen molar-refractivity contribution < 1.29 is 28.7 Å². The fourth-order valence-corrected chi connectivity index (χ4v) is 5.73. The molecule has 2 heterocycles. The van der Waals surface area contributed by atoms with Gasteiger partial charge in [-0.2, -0.15) is 0 Å². The van der Waals surface area contributed by atoms with Crippen molar-refractivity contribution in [3.8, 4) is 11.5 Å². The zero-order chi connectivity index (χ0) is 29.8. The van der Waals surface area contributed by atoms with Crippen molar-refractivity contribution in [3.63, 3.8) is 0 Å². The van der Waals surface area contributed by atoms with Crippen molar-refractivity contribution in [2.45, 2.75) is 19.5 Å². The lowest BCUT2D eigenvalue weighted by Gasteiger charge is -2.32. The molecule has 9 nitrogen and oxygen atoms in total. The number of ether oxygens (including phenoxy) is 2. The number of methoxy groups -OCH3 is 2. The van der Waals surface area contributed by atoms with Crippen LogP contribution in [0.3, 0.4) is 0 Å². The average Bonchev–Trinajstić information content (AvgIpc) is 3.61. The van der Waals surface area contributed by atoms with Gasteiger partial charge in [0.1, 0.15) is 24.1 Å². The molecule has 4 aromatic rings. The van der Waals surface area contributed by atoms with Gasteiger partial charge in [-0.05, 0) is 53.8 Å². The maximum Gasteiger partial charge on any atom is 0.299 e. The van der Waals surface area contributed by atoms with E-state index >= 15 is 0 Å². The molecule has 0 fully saturated rings. The molecule has 10 heteroatoms. The van der Waals surface area contributed by atoms with E-state index in [1.54, 1.807) is 48.5 Å². The standard InChI is InChI=1S/C32H29N3O6S/c1-20-9-4-5-10-21(20)18-35(28(36)19-34-25-12-7-6-11-23(25)30(37)32(34)39)29(27-13-8-16-42-27)31(38)33-24-15-14-22(40-2)17-26(24)41-3/h4-17,29H,18-19H2,1-3H3,(H,33,38). The molecule has 1 N–H and O–H groups in total. The van der Waals surface area contributed by atoms with Crippen LogP contribution < -0.4 is 19.7 Å². The van der Waals surface area contributed by atoms with Crippen LogP contribution in [0.15, 0.2) is 84.2 Å². The Balaban J connectivity index is 1.54. The van der Waals surface area contributed by atoms with Crippen molar-refractivity contribution in [1.82, 2.24) is 4.90 Å². The lowest BCUT2D eigenvalue weighted by atomic mass is 10.1. The van der Waals surface area contributed by atoms with Crippen LogP contribution in [-0.2, 0) is 20.9 Å². The van der Waals surface area contributed by atoms with Gasteiger partial charge in [-0.15, -0.1) is 11.3 Å². The molecule has 0 saturated carbocycles. The quantitative estimate of drug-likeness (QED) is 0.263. The van der Waals surface area contributed by atoms with E-state index in [1.165, 1.54) is 35.4 Å². The van der Waals surface area contributed by atoms with Crippen LogP contribution in [0.5, 0.6) is 11.5 Å². The van der Waals surface area contributed by atoms with E-state index < -0.39 is 36.1 Å². The highest BCUT2D eigenvalue weighted by atomic mass is 32.1. The van der Waals surface area contributed by atoms with Crippen LogP contribution in [0, 0.1) is 6.92 Å². The first-order valence-electron chi connectivity index (χ1n) is 13.2. The van der Waals surface area contributed by atoms with Crippen LogP contribution in [0.2, 0.25) is 0 Å². The number of amides is 3. The molecule has 1 aliphatic rings. The molecule has 3 aromatic carbocycles. The van der Waals surface area contributed by atoms with Crippen molar-refractivity contribution in [3.05, 3.63) is 106 Å². The van der Waals surface area contributed by atoms with E-state index in [2.05, 4.69) is 5.32 Å². The minimum atomic E-state index is -1.05.